The monoisotopic (exact) mass is 263 g/mol. The fourth-order valence-electron chi connectivity index (χ4n) is 1.56. The van der Waals surface area contributed by atoms with E-state index in [1.54, 1.807) is 23.3 Å². The summed E-state index contributed by atoms with van der Waals surface area (Å²) in [6.45, 7) is 0.564. The highest BCUT2D eigenvalue weighted by molar-refractivity contribution is 5.88. The van der Waals surface area contributed by atoms with Crippen molar-refractivity contribution in [2.75, 3.05) is 14.2 Å². The second kappa shape index (κ2) is 6.01. The molecule has 0 bridgehead atoms. The molecular formula is C11H13N5O3. The van der Waals surface area contributed by atoms with Gasteiger partial charge in [-0.25, -0.2) is 9.48 Å². The van der Waals surface area contributed by atoms with Crippen LogP contribution in [0.5, 0.6) is 0 Å². The van der Waals surface area contributed by atoms with Gasteiger partial charge in [0.15, 0.2) is 5.69 Å². The highest BCUT2D eigenvalue weighted by Crippen LogP contribution is 2.10. The van der Waals surface area contributed by atoms with Gasteiger partial charge in [-0.2, -0.15) is 0 Å². The Morgan fingerprint density at radius 1 is 1.37 bits per heavy atom. The molecule has 0 atom stereocenters. The lowest BCUT2D eigenvalue weighted by Crippen LogP contribution is -2.12. The molecule has 8 nitrogen and oxygen atoms in total. The molecule has 0 aliphatic rings. The molecule has 0 spiro atoms. The van der Waals surface area contributed by atoms with Crippen LogP contribution in [0.25, 0.3) is 0 Å². The van der Waals surface area contributed by atoms with Crippen molar-refractivity contribution in [2.24, 2.45) is 0 Å². The van der Waals surface area contributed by atoms with Crippen molar-refractivity contribution in [3.8, 4) is 0 Å². The maximum atomic E-state index is 11.6. The number of hydrogen-bond donors (Lipinski definition) is 0. The van der Waals surface area contributed by atoms with Crippen LogP contribution in [-0.4, -0.2) is 45.2 Å². The lowest BCUT2D eigenvalue weighted by atomic mass is 10.3. The number of hydrogen-bond acceptors (Lipinski definition) is 7. The van der Waals surface area contributed by atoms with E-state index in [0.29, 0.717) is 17.9 Å². The zero-order valence-corrected chi connectivity index (χ0v) is 10.6. The van der Waals surface area contributed by atoms with Crippen molar-refractivity contribution < 1.29 is 14.3 Å². The first kappa shape index (κ1) is 13.1. The highest BCUT2D eigenvalue weighted by atomic mass is 16.5. The zero-order chi connectivity index (χ0) is 13.7. The standard InChI is InChI=1S/C11H13N5O3/c1-18-7-9-10(11(17)19-2)14-15-16(9)6-8-5-12-3-4-13-8/h3-5H,6-7H2,1-2H3. The van der Waals surface area contributed by atoms with Crippen molar-refractivity contribution in [1.29, 1.82) is 0 Å². The molecule has 0 saturated carbocycles. The van der Waals surface area contributed by atoms with Crippen molar-refractivity contribution in [3.63, 3.8) is 0 Å². The summed E-state index contributed by atoms with van der Waals surface area (Å²) in [7, 11) is 2.82. The number of methoxy groups -OCH3 is 2. The first-order valence-corrected chi connectivity index (χ1v) is 5.50. The number of nitrogens with zero attached hydrogens (tertiary/aromatic N) is 5. The van der Waals surface area contributed by atoms with Gasteiger partial charge >= 0.3 is 5.97 Å². The molecule has 0 aliphatic carbocycles. The molecular weight excluding hydrogens is 250 g/mol. The van der Waals surface area contributed by atoms with Crippen molar-refractivity contribution >= 4 is 5.97 Å². The van der Waals surface area contributed by atoms with E-state index in [1.165, 1.54) is 14.2 Å². The third kappa shape index (κ3) is 2.91. The fraction of sp³-hybridized carbons (Fsp3) is 0.364. The van der Waals surface area contributed by atoms with Crippen molar-refractivity contribution in [3.05, 3.63) is 35.7 Å². The van der Waals surface area contributed by atoms with Gasteiger partial charge in [0, 0.05) is 19.5 Å². The van der Waals surface area contributed by atoms with Crippen LogP contribution >= 0.6 is 0 Å². The van der Waals surface area contributed by atoms with E-state index < -0.39 is 5.97 Å². The van der Waals surface area contributed by atoms with E-state index in [2.05, 4.69) is 25.0 Å². The normalized spacial score (nSPS) is 10.4. The summed E-state index contributed by atoms with van der Waals surface area (Å²) < 4.78 is 11.2. The second-order valence-corrected chi connectivity index (χ2v) is 3.66. The summed E-state index contributed by atoms with van der Waals surface area (Å²) in [6.07, 6.45) is 4.79. The minimum Gasteiger partial charge on any atom is -0.464 e. The molecule has 0 N–H and O–H groups in total. The molecule has 0 amide bonds. The Morgan fingerprint density at radius 3 is 2.84 bits per heavy atom. The molecule has 100 valence electrons. The molecule has 0 fully saturated rings. The van der Waals surface area contributed by atoms with Crippen LogP contribution in [0, 0.1) is 0 Å². The van der Waals surface area contributed by atoms with E-state index in [0.717, 1.165) is 0 Å². The molecule has 2 aromatic heterocycles. The number of esters is 1. The number of carbonyl (C=O) groups is 1. The summed E-state index contributed by atoms with van der Waals surface area (Å²) >= 11 is 0. The van der Waals surface area contributed by atoms with Crippen LogP contribution in [0.1, 0.15) is 21.9 Å². The van der Waals surface area contributed by atoms with Gasteiger partial charge in [0.2, 0.25) is 0 Å². The SMILES string of the molecule is COCc1c(C(=O)OC)nnn1Cc1cnccn1. The predicted molar refractivity (Wildman–Crippen MR) is 63.2 cm³/mol. The Morgan fingerprint density at radius 2 is 2.21 bits per heavy atom. The van der Waals surface area contributed by atoms with Gasteiger partial charge in [0.1, 0.15) is 0 Å². The largest absolute Gasteiger partial charge is 0.464 e. The Hall–Kier alpha value is -2.35. The topological polar surface area (TPSA) is 92.0 Å². The number of aromatic nitrogens is 5. The van der Waals surface area contributed by atoms with E-state index in [4.69, 9.17) is 4.74 Å². The molecule has 0 radical (unpaired) electrons. The first-order chi connectivity index (χ1) is 9.26. The number of ether oxygens (including phenoxy) is 2. The molecule has 2 aromatic rings. The van der Waals surface area contributed by atoms with Crippen LogP contribution in [-0.2, 0) is 22.6 Å². The van der Waals surface area contributed by atoms with Crippen LogP contribution < -0.4 is 0 Å². The van der Waals surface area contributed by atoms with Crippen LogP contribution in [0.2, 0.25) is 0 Å². The summed E-state index contributed by atoms with van der Waals surface area (Å²) in [5, 5.41) is 7.73. The van der Waals surface area contributed by atoms with Gasteiger partial charge in [-0.05, 0) is 0 Å². The molecule has 19 heavy (non-hydrogen) atoms. The van der Waals surface area contributed by atoms with Gasteiger partial charge in [0.05, 0.1) is 37.8 Å². The highest BCUT2D eigenvalue weighted by Gasteiger charge is 2.20. The Kier molecular flexibility index (Phi) is 4.14. The van der Waals surface area contributed by atoms with Crippen molar-refractivity contribution in [2.45, 2.75) is 13.2 Å². The molecule has 2 rings (SSSR count). The lowest BCUT2D eigenvalue weighted by molar-refractivity contribution is 0.0588. The van der Waals surface area contributed by atoms with Gasteiger partial charge in [0.25, 0.3) is 0 Å². The molecule has 0 saturated heterocycles. The third-order valence-corrected chi connectivity index (χ3v) is 2.43. The second-order valence-electron chi connectivity index (χ2n) is 3.66. The van der Waals surface area contributed by atoms with Crippen LogP contribution in [0.15, 0.2) is 18.6 Å². The summed E-state index contributed by atoms with van der Waals surface area (Å²) in [5.41, 5.74) is 1.40. The van der Waals surface area contributed by atoms with Gasteiger partial charge in [-0.15, -0.1) is 5.10 Å². The predicted octanol–water partition coefficient (Wildman–Crippen LogP) is 0.0494. The Bertz CT molecular complexity index is 555. The van der Waals surface area contributed by atoms with Crippen LogP contribution in [0.3, 0.4) is 0 Å². The Balaban J connectivity index is 2.30. The summed E-state index contributed by atoms with van der Waals surface area (Å²) in [5.74, 6) is -0.544. The van der Waals surface area contributed by atoms with E-state index in [1.807, 2.05) is 0 Å². The minimum atomic E-state index is -0.544. The lowest BCUT2D eigenvalue weighted by Gasteiger charge is -2.05. The summed E-state index contributed by atoms with van der Waals surface area (Å²) in [6, 6.07) is 0. The van der Waals surface area contributed by atoms with E-state index in [-0.39, 0.29) is 12.3 Å². The molecule has 0 aliphatic heterocycles. The minimum absolute atomic E-state index is 0.147. The molecule has 8 heteroatoms. The average molecular weight is 263 g/mol. The first-order valence-electron chi connectivity index (χ1n) is 5.50. The van der Waals surface area contributed by atoms with Crippen LogP contribution in [0.4, 0.5) is 0 Å². The maximum Gasteiger partial charge on any atom is 0.360 e. The van der Waals surface area contributed by atoms with Crippen molar-refractivity contribution in [1.82, 2.24) is 25.0 Å². The third-order valence-electron chi connectivity index (χ3n) is 2.43. The zero-order valence-electron chi connectivity index (χ0n) is 10.6. The maximum absolute atomic E-state index is 11.6. The molecule has 0 aromatic carbocycles. The quantitative estimate of drug-likeness (QED) is 0.703. The smallest absolute Gasteiger partial charge is 0.360 e. The van der Waals surface area contributed by atoms with Gasteiger partial charge < -0.3 is 9.47 Å². The Labute approximate surface area is 109 Å². The fourth-order valence-corrected chi connectivity index (χ4v) is 1.56. The average Bonchev–Trinajstić information content (AvgIpc) is 2.83. The van der Waals surface area contributed by atoms with Gasteiger partial charge in [-0.1, -0.05) is 5.21 Å². The molecule has 0 unspecified atom stereocenters. The van der Waals surface area contributed by atoms with E-state index in [9.17, 15) is 4.79 Å². The molecule has 2 heterocycles. The van der Waals surface area contributed by atoms with E-state index >= 15 is 0 Å². The summed E-state index contributed by atoms with van der Waals surface area (Å²) in [4.78, 5) is 19.7. The number of rotatable bonds is 5. The van der Waals surface area contributed by atoms with Gasteiger partial charge in [-0.3, -0.25) is 9.97 Å². The number of carbonyl (C=O) groups excluding carboxylic acids is 1.